The van der Waals surface area contributed by atoms with E-state index in [-0.39, 0.29) is 5.02 Å². The third kappa shape index (κ3) is 2.35. The normalized spacial score (nSPS) is 12.8. The number of nitrogens with zero attached hydrogens (tertiary/aromatic N) is 1. The van der Waals surface area contributed by atoms with Crippen LogP contribution in [-0.2, 0) is 0 Å². The predicted octanol–water partition coefficient (Wildman–Crippen LogP) is 4.90. The van der Waals surface area contributed by atoms with Gasteiger partial charge in [-0.05, 0) is 45.1 Å². The van der Waals surface area contributed by atoms with Crippen LogP contribution in [0.5, 0.6) is 0 Å². The van der Waals surface area contributed by atoms with Crippen LogP contribution in [0.25, 0.3) is 10.2 Å². The Kier molecular flexibility index (Phi) is 3.77. The highest BCUT2D eigenvalue weighted by Crippen LogP contribution is 2.32. The van der Waals surface area contributed by atoms with E-state index in [9.17, 15) is 4.39 Å². The Balaban J connectivity index is 2.07. The summed E-state index contributed by atoms with van der Waals surface area (Å²) in [6.45, 7) is 0. The fourth-order valence-electron chi connectivity index (χ4n) is 1.99. The SMILES string of the molecule is NC(c1cnc2ccsc2c1)c1ccc(Br)c(Cl)c1F. The van der Waals surface area contributed by atoms with E-state index < -0.39 is 11.9 Å². The molecule has 6 heteroatoms. The van der Waals surface area contributed by atoms with Gasteiger partial charge in [0.15, 0.2) is 0 Å². The maximum Gasteiger partial charge on any atom is 0.148 e. The molecule has 0 amide bonds. The topological polar surface area (TPSA) is 38.9 Å². The van der Waals surface area contributed by atoms with Crippen molar-refractivity contribution >= 4 is 49.1 Å². The minimum Gasteiger partial charge on any atom is -0.320 e. The van der Waals surface area contributed by atoms with E-state index in [0.717, 1.165) is 15.8 Å². The van der Waals surface area contributed by atoms with Crippen LogP contribution in [0.1, 0.15) is 17.2 Å². The number of aromatic nitrogens is 1. The van der Waals surface area contributed by atoms with Crippen molar-refractivity contribution < 1.29 is 4.39 Å². The molecular weight excluding hydrogens is 363 g/mol. The monoisotopic (exact) mass is 370 g/mol. The minimum absolute atomic E-state index is 0.0445. The molecule has 102 valence electrons. The standard InChI is InChI=1S/C14H9BrClFN2S/c15-9-2-1-8(13(17)12(9)16)14(18)7-5-11-10(19-6-7)3-4-20-11/h1-6,14H,18H2. The average Bonchev–Trinajstić information content (AvgIpc) is 2.91. The van der Waals surface area contributed by atoms with Gasteiger partial charge in [0.05, 0.1) is 21.3 Å². The van der Waals surface area contributed by atoms with Crippen molar-refractivity contribution in [2.24, 2.45) is 5.73 Å². The summed E-state index contributed by atoms with van der Waals surface area (Å²) in [4.78, 5) is 4.32. The molecule has 0 spiro atoms. The fraction of sp³-hybridized carbons (Fsp3) is 0.0714. The van der Waals surface area contributed by atoms with Crippen LogP contribution in [0.15, 0.2) is 40.3 Å². The molecule has 0 fully saturated rings. The molecule has 2 heterocycles. The van der Waals surface area contributed by atoms with Crippen molar-refractivity contribution in [2.75, 3.05) is 0 Å². The average molecular weight is 372 g/mol. The first kappa shape index (κ1) is 13.9. The van der Waals surface area contributed by atoms with Gasteiger partial charge in [-0.1, -0.05) is 17.7 Å². The second kappa shape index (κ2) is 5.41. The largest absolute Gasteiger partial charge is 0.320 e. The molecule has 0 saturated carbocycles. The summed E-state index contributed by atoms with van der Waals surface area (Å²) in [5, 5.41) is 2.01. The molecule has 0 radical (unpaired) electrons. The lowest BCUT2D eigenvalue weighted by molar-refractivity contribution is 0.599. The quantitative estimate of drug-likeness (QED) is 0.651. The summed E-state index contributed by atoms with van der Waals surface area (Å²) < 4.78 is 15.7. The van der Waals surface area contributed by atoms with Crippen LogP contribution < -0.4 is 5.73 Å². The Morgan fingerprint density at radius 2 is 2.15 bits per heavy atom. The number of fused-ring (bicyclic) bond motifs is 1. The van der Waals surface area contributed by atoms with Crippen molar-refractivity contribution in [2.45, 2.75) is 6.04 Å². The number of rotatable bonds is 2. The van der Waals surface area contributed by atoms with Crippen LogP contribution in [0.2, 0.25) is 5.02 Å². The molecular formula is C14H9BrClFN2S. The van der Waals surface area contributed by atoms with E-state index in [1.165, 1.54) is 0 Å². The van der Waals surface area contributed by atoms with Crippen molar-refractivity contribution in [1.82, 2.24) is 4.98 Å². The van der Waals surface area contributed by atoms with Gasteiger partial charge in [0.25, 0.3) is 0 Å². The van der Waals surface area contributed by atoms with Crippen molar-refractivity contribution in [3.63, 3.8) is 0 Å². The zero-order chi connectivity index (χ0) is 14.3. The highest BCUT2D eigenvalue weighted by atomic mass is 79.9. The molecule has 0 aliphatic carbocycles. The number of hydrogen-bond acceptors (Lipinski definition) is 3. The Labute approximate surface area is 132 Å². The second-order valence-corrected chi connectivity index (χ2v) is 6.49. The van der Waals surface area contributed by atoms with Crippen molar-refractivity contribution in [3.05, 3.63) is 62.3 Å². The molecule has 0 bridgehead atoms. The van der Waals surface area contributed by atoms with Crippen molar-refractivity contribution in [1.29, 1.82) is 0 Å². The molecule has 20 heavy (non-hydrogen) atoms. The smallest absolute Gasteiger partial charge is 0.148 e. The lowest BCUT2D eigenvalue weighted by atomic mass is 10.0. The maximum absolute atomic E-state index is 14.2. The van der Waals surface area contributed by atoms with Gasteiger partial charge < -0.3 is 5.73 Å². The molecule has 1 atom stereocenters. The van der Waals surface area contributed by atoms with E-state index in [2.05, 4.69) is 20.9 Å². The Hall–Kier alpha value is -1.01. The van der Waals surface area contributed by atoms with Crippen LogP contribution in [-0.4, -0.2) is 4.98 Å². The number of pyridine rings is 1. The third-order valence-electron chi connectivity index (χ3n) is 3.08. The summed E-state index contributed by atoms with van der Waals surface area (Å²) in [7, 11) is 0. The summed E-state index contributed by atoms with van der Waals surface area (Å²) in [6.07, 6.45) is 1.68. The number of benzene rings is 1. The zero-order valence-corrected chi connectivity index (χ0v) is 13.3. The van der Waals surface area contributed by atoms with Gasteiger partial charge in [0, 0.05) is 16.2 Å². The van der Waals surface area contributed by atoms with Gasteiger partial charge in [-0.15, -0.1) is 11.3 Å². The molecule has 2 nitrogen and oxygen atoms in total. The van der Waals surface area contributed by atoms with Gasteiger partial charge in [-0.3, -0.25) is 4.98 Å². The van der Waals surface area contributed by atoms with E-state index >= 15 is 0 Å². The number of nitrogens with two attached hydrogens (primary N) is 1. The first-order valence-corrected chi connectivity index (χ1v) is 7.85. The Morgan fingerprint density at radius 3 is 2.95 bits per heavy atom. The third-order valence-corrected chi connectivity index (χ3v) is 5.19. The molecule has 0 aliphatic heterocycles. The van der Waals surface area contributed by atoms with E-state index in [1.54, 1.807) is 29.7 Å². The molecule has 0 saturated heterocycles. The fourth-order valence-corrected chi connectivity index (χ4v) is 3.26. The molecule has 2 aromatic heterocycles. The number of halogens is 3. The summed E-state index contributed by atoms with van der Waals surface area (Å²) in [5.41, 5.74) is 8.18. The molecule has 2 N–H and O–H groups in total. The molecule has 1 aromatic carbocycles. The van der Waals surface area contributed by atoms with Gasteiger partial charge >= 0.3 is 0 Å². The molecule has 3 rings (SSSR count). The van der Waals surface area contributed by atoms with Crippen LogP contribution >= 0.6 is 38.9 Å². The van der Waals surface area contributed by atoms with Gasteiger partial charge in [-0.2, -0.15) is 0 Å². The summed E-state index contributed by atoms with van der Waals surface area (Å²) in [6, 6.07) is 6.60. The number of hydrogen-bond donors (Lipinski definition) is 1. The lowest BCUT2D eigenvalue weighted by Gasteiger charge is -2.14. The van der Waals surface area contributed by atoms with Crippen LogP contribution in [0, 0.1) is 5.82 Å². The summed E-state index contributed by atoms with van der Waals surface area (Å²) in [5.74, 6) is -0.500. The van der Waals surface area contributed by atoms with Gasteiger partial charge in [0.1, 0.15) is 5.82 Å². The van der Waals surface area contributed by atoms with Crippen LogP contribution in [0.3, 0.4) is 0 Å². The zero-order valence-electron chi connectivity index (χ0n) is 10.1. The first-order chi connectivity index (χ1) is 9.58. The Morgan fingerprint density at radius 1 is 1.35 bits per heavy atom. The van der Waals surface area contributed by atoms with Crippen molar-refractivity contribution in [3.8, 4) is 0 Å². The van der Waals surface area contributed by atoms with Gasteiger partial charge in [-0.25, -0.2) is 4.39 Å². The van der Waals surface area contributed by atoms with E-state index in [1.807, 2.05) is 17.5 Å². The molecule has 1 unspecified atom stereocenters. The lowest BCUT2D eigenvalue weighted by Crippen LogP contribution is -2.14. The highest BCUT2D eigenvalue weighted by Gasteiger charge is 2.18. The molecule has 3 aromatic rings. The maximum atomic E-state index is 14.2. The van der Waals surface area contributed by atoms with Crippen LogP contribution in [0.4, 0.5) is 4.39 Å². The van der Waals surface area contributed by atoms with E-state index in [0.29, 0.717) is 10.0 Å². The highest BCUT2D eigenvalue weighted by molar-refractivity contribution is 9.10. The number of thiophene rings is 1. The Bertz CT molecular complexity index is 790. The molecule has 0 aliphatic rings. The van der Waals surface area contributed by atoms with E-state index in [4.69, 9.17) is 17.3 Å². The summed E-state index contributed by atoms with van der Waals surface area (Å²) >= 11 is 10.7. The second-order valence-electron chi connectivity index (χ2n) is 4.31. The van der Waals surface area contributed by atoms with Gasteiger partial charge in [0.2, 0.25) is 0 Å². The minimum atomic E-state index is -0.598. The first-order valence-electron chi connectivity index (χ1n) is 5.80. The predicted molar refractivity (Wildman–Crippen MR) is 84.8 cm³/mol.